The Morgan fingerprint density at radius 2 is 1.69 bits per heavy atom. The van der Waals surface area contributed by atoms with Crippen molar-refractivity contribution < 1.29 is 14.3 Å². The molecule has 0 aromatic heterocycles. The molecular weight excluding hydrogens is 448 g/mol. The van der Waals surface area contributed by atoms with Crippen LogP contribution in [0.3, 0.4) is 0 Å². The maximum Gasteiger partial charge on any atom is 0.410 e. The summed E-state index contributed by atoms with van der Waals surface area (Å²) in [4.78, 5) is 29.8. The van der Waals surface area contributed by atoms with E-state index in [1.165, 1.54) is 11.6 Å². The van der Waals surface area contributed by atoms with Crippen LogP contribution in [0.25, 0.3) is 10.8 Å². The van der Waals surface area contributed by atoms with E-state index in [0.29, 0.717) is 19.6 Å². The smallest absolute Gasteiger partial charge is 0.410 e. The second-order valence-corrected chi connectivity index (χ2v) is 10.6. The lowest BCUT2D eigenvalue weighted by atomic mass is 9.88. The van der Waals surface area contributed by atoms with E-state index in [2.05, 4.69) is 49.9 Å². The maximum atomic E-state index is 13.6. The molecule has 5 nitrogen and oxygen atoms in total. The molecule has 5 heteroatoms. The summed E-state index contributed by atoms with van der Waals surface area (Å²) < 4.78 is 5.89. The van der Waals surface area contributed by atoms with Crippen molar-refractivity contribution in [1.29, 1.82) is 0 Å². The quantitative estimate of drug-likeness (QED) is 0.372. The number of ether oxygens (including phenoxy) is 1. The monoisotopic (exact) mass is 484 g/mol. The number of hydrogen-bond donors (Lipinski definition) is 0. The predicted molar refractivity (Wildman–Crippen MR) is 145 cm³/mol. The molecule has 0 unspecified atom stereocenters. The topological polar surface area (TPSA) is 49.9 Å². The normalized spacial score (nSPS) is 18.6. The molecule has 0 radical (unpaired) electrons. The van der Waals surface area contributed by atoms with Crippen molar-refractivity contribution in [1.82, 2.24) is 9.80 Å². The van der Waals surface area contributed by atoms with Crippen molar-refractivity contribution in [3.05, 3.63) is 96.6 Å². The molecule has 2 amide bonds. The van der Waals surface area contributed by atoms with Gasteiger partial charge in [0.2, 0.25) is 5.91 Å². The van der Waals surface area contributed by atoms with Crippen LogP contribution in [-0.4, -0.2) is 47.0 Å². The number of fused-ring (bicyclic) bond motifs is 1. The highest BCUT2D eigenvalue weighted by Gasteiger charge is 2.39. The molecule has 188 valence electrons. The Hall–Kier alpha value is -3.60. The molecule has 4 rings (SSSR count). The van der Waals surface area contributed by atoms with Crippen LogP contribution >= 0.6 is 0 Å². The summed E-state index contributed by atoms with van der Waals surface area (Å²) in [6.07, 6.45) is 1.03. The van der Waals surface area contributed by atoms with Gasteiger partial charge >= 0.3 is 6.09 Å². The third-order valence-corrected chi connectivity index (χ3v) is 6.96. The van der Waals surface area contributed by atoms with Gasteiger partial charge in [-0.1, -0.05) is 79.4 Å². The van der Waals surface area contributed by atoms with E-state index in [0.717, 1.165) is 16.3 Å². The van der Waals surface area contributed by atoms with Gasteiger partial charge in [-0.15, -0.1) is 0 Å². The van der Waals surface area contributed by atoms with E-state index in [4.69, 9.17) is 4.74 Å². The standard InChI is InChI=1S/C31H36N2O3/c1-6-29(34)32-19-25(28(21-32)24-13-8-7-9-14-24)20-33(30(35)36-31(3,4)5)22(2)26-18-12-16-23-15-10-11-17-27(23)26/h6-18,22,25,28H,1,19-21H2,2-5H3/t22-,25-,28-/m1/s1. The van der Waals surface area contributed by atoms with Crippen molar-refractivity contribution in [3.63, 3.8) is 0 Å². The van der Waals surface area contributed by atoms with Crippen molar-refractivity contribution in [2.24, 2.45) is 5.92 Å². The number of carbonyl (C=O) groups excluding carboxylic acids is 2. The molecule has 0 bridgehead atoms. The lowest BCUT2D eigenvalue weighted by Crippen LogP contribution is -2.42. The fourth-order valence-corrected chi connectivity index (χ4v) is 5.19. The minimum Gasteiger partial charge on any atom is -0.444 e. The fourth-order valence-electron chi connectivity index (χ4n) is 5.19. The van der Waals surface area contributed by atoms with Crippen LogP contribution in [0, 0.1) is 5.92 Å². The Morgan fingerprint density at radius 3 is 2.39 bits per heavy atom. The van der Waals surface area contributed by atoms with E-state index in [1.54, 1.807) is 0 Å². The molecule has 1 saturated heterocycles. The summed E-state index contributed by atoms with van der Waals surface area (Å²) in [5.41, 5.74) is 1.63. The molecule has 0 spiro atoms. The molecule has 1 fully saturated rings. The van der Waals surface area contributed by atoms with Crippen LogP contribution in [0.1, 0.15) is 50.8 Å². The highest BCUT2D eigenvalue weighted by Crippen LogP contribution is 2.36. The third kappa shape index (κ3) is 5.62. The third-order valence-electron chi connectivity index (χ3n) is 6.96. The van der Waals surface area contributed by atoms with Gasteiger partial charge in [-0.2, -0.15) is 0 Å². The number of benzene rings is 3. The Morgan fingerprint density at radius 1 is 1.03 bits per heavy atom. The van der Waals surface area contributed by atoms with Gasteiger partial charge in [-0.25, -0.2) is 4.79 Å². The van der Waals surface area contributed by atoms with Gasteiger partial charge in [0.25, 0.3) is 0 Å². The second kappa shape index (κ2) is 10.6. The first-order chi connectivity index (χ1) is 17.2. The zero-order chi connectivity index (χ0) is 25.9. The van der Waals surface area contributed by atoms with Gasteiger partial charge in [0.15, 0.2) is 0 Å². The van der Waals surface area contributed by atoms with Crippen LogP contribution in [0.2, 0.25) is 0 Å². The van der Waals surface area contributed by atoms with Gasteiger partial charge < -0.3 is 14.5 Å². The highest BCUT2D eigenvalue weighted by molar-refractivity contribution is 5.87. The van der Waals surface area contributed by atoms with Crippen LogP contribution in [0.4, 0.5) is 4.79 Å². The second-order valence-electron chi connectivity index (χ2n) is 10.6. The summed E-state index contributed by atoms with van der Waals surface area (Å²) in [6.45, 7) is 13.0. The maximum absolute atomic E-state index is 13.6. The molecule has 0 N–H and O–H groups in total. The predicted octanol–water partition coefficient (Wildman–Crippen LogP) is 6.57. The van der Waals surface area contributed by atoms with Crippen molar-refractivity contribution in [2.75, 3.05) is 19.6 Å². The minimum atomic E-state index is -0.618. The summed E-state index contributed by atoms with van der Waals surface area (Å²) in [5.74, 6) is 0.0883. The molecule has 1 aliphatic rings. The number of amides is 2. The van der Waals surface area contributed by atoms with Crippen LogP contribution < -0.4 is 0 Å². The Labute approximate surface area is 214 Å². The van der Waals surface area contributed by atoms with E-state index < -0.39 is 5.60 Å². The van der Waals surface area contributed by atoms with Crippen molar-refractivity contribution >= 4 is 22.8 Å². The minimum absolute atomic E-state index is 0.0567. The van der Waals surface area contributed by atoms with Crippen LogP contribution in [-0.2, 0) is 9.53 Å². The van der Waals surface area contributed by atoms with E-state index >= 15 is 0 Å². The first-order valence-corrected chi connectivity index (χ1v) is 12.6. The van der Waals surface area contributed by atoms with Crippen molar-refractivity contribution in [3.8, 4) is 0 Å². The lowest BCUT2D eigenvalue weighted by Gasteiger charge is -2.35. The van der Waals surface area contributed by atoms with E-state index in [9.17, 15) is 9.59 Å². The largest absolute Gasteiger partial charge is 0.444 e. The number of hydrogen-bond acceptors (Lipinski definition) is 3. The number of nitrogens with zero attached hydrogens (tertiary/aromatic N) is 2. The summed E-state index contributed by atoms with van der Waals surface area (Å²) in [6, 6.07) is 24.5. The molecule has 1 aliphatic heterocycles. The average Bonchev–Trinajstić information content (AvgIpc) is 3.29. The SMILES string of the molecule is C=CC(=O)N1C[C@H](CN(C(=O)OC(C)(C)C)[C@H](C)c2cccc3ccccc23)[C@@H](c2ccccc2)C1. The number of likely N-dealkylation sites (tertiary alicyclic amines) is 1. The van der Waals surface area contributed by atoms with Gasteiger partial charge in [0, 0.05) is 31.5 Å². The molecule has 3 atom stereocenters. The Balaban J connectivity index is 1.71. The number of carbonyl (C=O) groups is 2. The number of rotatable bonds is 6. The summed E-state index contributed by atoms with van der Waals surface area (Å²) in [5, 5.41) is 2.26. The average molecular weight is 485 g/mol. The van der Waals surface area contributed by atoms with Gasteiger partial charge in [0.1, 0.15) is 5.60 Å². The zero-order valence-corrected chi connectivity index (χ0v) is 21.7. The van der Waals surface area contributed by atoms with Gasteiger partial charge in [0.05, 0.1) is 6.04 Å². The summed E-state index contributed by atoms with van der Waals surface area (Å²) >= 11 is 0. The van der Waals surface area contributed by atoms with Crippen molar-refractivity contribution in [2.45, 2.75) is 45.3 Å². The van der Waals surface area contributed by atoms with Gasteiger partial charge in [-0.3, -0.25) is 4.79 Å². The highest BCUT2D eigenvalue weighted by atomic mass is 16.6. The van der Waals surface area contributed by atoms with Crippen LogP contribution in [0.15, 0.2) is 85.5 Å². The molecular formula is C31H36N2O3. The van der Waals surface area contributed by atoms with Crippen LogP contribution in [0.5, 0.6) is 0 Å². The van der Waals surface area contributed by atoms with E-state index in [-0.39, 0.29) is 29.9 Å². The molecule has 0 saturated carbocycles. The summed E-state index contributed by atoms with van der Waals surface area (Å²) in [7, 11) is 0. The lowest BCUT2D eigenvalue weighted by molar-refractivity contribution is -0.125. The van der Waals surface area contributed by atoms with Gasteiger partial charge in [-0.05, 0) is 55.7 Å². The first-order valence-electron chi connectivity index (χ1n) is 12.6. The molecule has 0 aliphatic carbocycles. The molecule has 3 aromatic rings. The first kappa shape index (κ1) is 25.5. The zero-order valence-electron chi connectivity index (χ0n) is 21.7. The van der Waals surface area contributed by atoms with E-state index in [1.807, 2.05) is 67.0 Å². The molecule has 36 heavy (non-hydrogen) atoms. The Bertz CT molecular complexity index is 1230. The molecule has 3 aromatic carbocycles. The fraction of sp³-hybridized carbons (Fsp3) is 0.355. The molecule has 1 heterocycles. The Kier molecular flexibility index (Phi) is 7.48.